The third kappa shape index (κ3) is 1.88. The number of aliphatic hydroxyl groups excluding tert-OH is 3. The summed E-state index contributed by atoms with van der Waals surface area (Å²) in [6.45, 7) is 4.25. The first kappa shape index (κ1) is 10.8. The molecule has 11 heavy (non-hydrogen) atoms. The third-order valence-electron chi connectivity index (χ3n) is 1.94. The molecule has 0 radical (unpaired) electrons. The minimum Gasteiger partial charge on any atom is -0.343 e. The Kier molecular flexibility index (Phi) is 3.40. The summed E-state index contributed by atoms with van der Waals surface area (Å²) in [4.78, 5) is 0. The van der Waals surface area contributed by atoms with Crippen LogP contribution in [0.25, 0.3) is 0 Å². The minimum absolute atomic E-state index is 0.667. The van der Waals surface area contributed by atoms with E-state index in [9.17, 15) is 0 Å². The Hall–Kier alpha value is -0.200. The lowest BCUT2D eigenvalue weighted by atomic mass is 10.3. The summed E-state index contributed by atoms with van der Waals surface area (Å²) in [5.74, 6) is 5.51. The molecule has 0 aliphatic heterocycles. The Morgan fingerprint density at radius 1 is 0.909 bits per heavy atom. The Bertz CT molecular complexity index is 103. The standard InChI is InChI=1S/C6H17N2O3/c1-4(9)8(7,5(2)10)6(3)11/h4-6,9-11H,7H2,1-3H3/q+1. The van der Waals surface area contributed by atoms with Crippen molar-refractivity contribution in [2.24, 2.45) is 5.84 Å². The molecule has 5 heteroatoms. The predicted molar refractivity (Wildman–Crippen MR) is 39.5 cm³/mol. The van der Waals surface area contributed by atoms with Gasteiger partial charge in [-0.05, 0) is 0 Å². The molecule has 3 atom stereocenters. The summed E-state index contributed by atoms with van der Waals surface area (Å²) in [6, 6.07) is 0. The van der Waals surface area contributed by atoms with Crippen LogP contribution in [0.1, 0.15) is 20.8 Å². The molecule has 0 bridgehead atoms. The first-order valence-electron chi connectivity index (χ1n) is 3.54. The van der Waals surface area contributed by atoms with Crippen LogP contribution < -0.4 is 5.84 Å². The van der Waals surface area contributed by atoms with Crippen molar-refractivity contribution >= 4 is 0 Å². The molecule has 0 rings (SSSR count). The fourth-order valence-electron chi connectivity index (χ4n) is 0.937. The van der Waals surface area contributed by atoms with Crippen molar-refractivity contribution in [2.45, 2.75) is 39.5 Å². The van der Waals surface area contributed by atoms with Crippen molar-refractivity contribution in [1.29, 1.82) is 0 Å². The van der Waals surface area contributed by atoms with E-state index < -0.39 is 23.3 Å². The molecule has 0 saturated heterocycles. The average molecular weight is 165 g/mol. The number of nitrogens with two attached hydrogens (primary N) is 1. The van der Waals surface area contributed by atoms with E-state index in [1.165, 1.54) is 20.8 Å². The quantitative estimate of drug-likeness (QED) is 0.181. The Balaban J connectivity index is 4.53. The first-order valence-corrected chi connectivity index (χ1v) is 3.54. The molecule has 0 aromatic carbocycles. The van der Waals surface area contributed by atoms with Gasteiger partial charge < -0.3 is 15.3 Å². The highest BCUT2D eigenvalue weighted by atomic mass is 16.4. The van der Waals surface area contributed by atoms with Crippen molar-refractivity contribution in [3.05, 3.63) is 0 Å². The SMILES string of the molecule is CC(O)[N+](N)(C(C)O)C(C)O. The van der Waals surface area contributed by atoms with E-state index in [0.29, 0.717) is 0 Å². The van der Waals surface area contributed by atoms with E-state index in [-0.39, 0.29) is 0 Å². The van der Waals surface area contributed by atoms with Gasteiger partial charge in [0.1, 0.15) is 0 Å². The molecule has 5 N–H and O–H groups in total. The maximum absolute atomic E-state index is 9.14. The molecule has 0 aliphatic rings. The Labute approximate surface area is 66.2 Å². The second-order valence-corrected chi connectivity index (χ2v) is 2.79. The van der Waals surface area contributed by atoms with Crippen LogP contribution in [-0.2, 0) is 0 Å². The predicted octanol–water partition coefficient (Wildman–Crippen LogP) is -1.31. The fourth-order valence-corrected chi connectivity index (χ4v) is 0.937. The van der Waals surface area contributed by atoms with Crippen LogP contribution in [0.2, 0.25) is 0 Å². The zero-order chi connectivity index (χ0) is 9.23. The van der Waals surface area contributed by atoms with E-state index in [0.717, 1.165) is 0 Å². The van der Waals surface area contributed by atoms with Crippen LogP contribution in [0, 0.1) is 0 Å². The molecule has 5 nitrogen and oxygen atoms in total. The molecule has 68 valence electrons. The molecular weight excluding hydrogens is 148 g/mol. The Morgan fingerprint density at radius 3 is 1.09 bits per heavy atom. The molecular formula is C6H17N2O3+. The molecule has 0 amide bonds. The van der Waals surface area contributed by atoms with Gasteiger partial charge in [-0.15, -0.1) is 0 Å². The van der Waals surface area contributed by atoms with Gasteiger partial charge in [-0.25, -0.2) is 0 Å². The first-order chi connectivity index (χ1) is 4.83. The van der Waals surface area contributed by atoms with Crippen LogP contribution in [0.3, 0.4) is 0 Å². The maximum atomic E-state index is 9.14. The number of hydrogen-bond donors (Lipinski definition) is 4. The molecule has 0 spiro atoms. The lowest BCUT2D eigenvalue weighted by Gasteiger charge is -2.39. The van der Waals surface area contributed by atoms with Crippen LogP contribution in [0.5, 0.6) is 0 Å². The number of aliphatic hydroxyl groups is 3. The summed E-state index contributed by atoms with van der Waals surface area (Å²) in [5.41, 5.74) is 0. The molecule has 0 heterocycles. The number of quaternary nitrogens is 1. The lowest BCUT2D eigenvalue weighted by Crippen LogP contribution is -2.69. The third-order valence-corrected chi connectivity index (χ3v) is 1.94. The van der Waals surface area contributed by atoms with Crippen LogP contribution in [-0.4, -0.2) is 38.6 Å². The van der Waals surface area contributed by atoms with Gasteiger partial charge in [-0.3, -0.25) is 0 Å². The van der Waals surface area contributed by atoms with Gasteiger partial charge in [0.25, 0.3) is 0 Å². The number of rotatable bonds is 3. The summed E-state index contributed by atoms with van der Waals surface area (Å²) >= 11 is 0. The van der Waals surface area contributed by atoms with Gasteiger partial charge >= 0.3 is 0 Å². The van der Waals surface area contributed by atoms with Gasteiger partial charge in [0.05, 0.1) is 0 Å². The van der Waals surface area contributed by atoms with Gasteiger partial charge in [0, 0.05) is 20.8 Å². The van der Waals surface area contributed by atoms with E-state index >= 15 is 0 Å². The maximum Gasteiger partial charge on any atom is 0.209 e. The number of nitrogens with zero attached hydrogens (tertiary/aromatic N) is 1. The highest BCUT2D eigenvalue weighted by Crippen LogP contribution is 2.12. The van der Waals surface area contributed by atoms with Crippen LogP contribution in [0.15, 0.2) is 0 Å². The summed E-state index contributed by atoms with van der Waals surface area (Å²) in [6.07, 6.45) is -3.01. The fraction of sp³-hybridized carbons (Fsp3) is 1.00. The second-order valence-electron chi connectivity index (χ2n) is 2.79. The summed E-state index contributed by atoms with van der Waals surface area (Å²) in [5, 5.41) is 27.4. The van der Waals surface area contributed by atoms with Crippen LogP contribution >= 0.6 is 0 Å². The lowest BCUT2D eigenvalue weighted by molar-refractivity contribution is -1.05. The van der Waals surface area contributed by atoms with E-state index in [2.05, 4.69) is 0 Å². The van der Waals surface area contributed by atoms with E-state index in [4.69, 9.17) is 21.2 Å². The van der Waals surface area contributed by atoms with Crippen molar-refractivity contribution in [2.75, 3.05) is 0 Å². The smallest absolute Gasteiger partial charge is 0.209 e. The molecule has 0 aromatic rings. The molecule has 0 aromatic heterocycles. The van der Waals surface area contributed by atoms with E-state index in [1.54, 1.807) is 0 Å². The molecule has 0 saturated carbocycles. The van der Waals surface area contributed by atoms with Gasteiger partial charge in [-0.2, -0.15) is 10.4 Å². The normalized spacial score (nSPS) is 25.4. The van der Waals surface area contributed by atoms with Gasteiger partial charge in [0.15, 0.2) is 0 Å². The zero-order valence-electron chi connectivity index (χ0n) is 7.10. The topological polar surface area (TPSA) is 86.7 Å². The van der Waals surface area contributed by atoms with Crippen LogP contribution in [0.4, 0.5) is 0 Å². The van der Waals surface area contributed by atoms with Crippen molar-refractivity contribution in [3.63, 3.8) is 0 Å². The Morgan fingerprint density at radius 2 is 1.09 bits per heavy atom. The second kappa shape index (κ2) is 3.46. The number of hydrogen-bond acceptors (Lipinski definition) is 4. The molecule has 0 aliphatic carbocycles. The van der Waals surface area contributed by atoms with E-state index in [1.807, 2.05) is 0 Å². The van der Waals surface area contributed by atoms with Crippen molar-refractivity contribution in [3.8, 4) is 0 Å². The van der Waals surface area contributed by atoms with Gasteiger partial charge in [0.2, 0.25) is 18.7 Å². The molecule has 0 fully saturated rings. The monoisotopic (exact) mass is 165 g/mol. The van der Waals surface area contributed by atoms with Gasteiger partial charge in [-0.1, -0.05) is 0 Å². The summed E-state index contributed by atoms with van der Waals surface area (Å²) in [7, 11) is 0. The van der Waals surface area contributed by atoms with Crippen molar-refractivity contribution < 1.29 is 19.9 Å². The largest absolute Gasteiger partial charge is 0.343 e. The highest BCUT2D eigenvalue weighted by molar-refractivity contribution is 4.38. The minimum atomic E-state index is -1.00. The highest BCUT2D eigenvalue weighted by Gasteiger charge is 2.39. The average Bonchev–Trinajstić information content (AvgIpc) is 1.84. The molecule has 3 unspecified atom stereocenters. The van der Waals surface area contributed by atoms with Crippen molar-refractivity contribution in [1.82, 2.24) is 0 Å². The zero-order valence-corrected chi connectivity index (χ0v) is 7.10. The summed E-state index contributed by atoms with van der Waals surface area (Å²) < 4.78 is -0.667.